The molecule has 0 aromatic carbocycles. The molecule has 1 unspecified atom stereocenters. The molecule has 2 fully saturated rings. The molecule has 3 heteroatoms. The molecule has 0 aromatic heterocycles. The van der Waals surface area contributed by atoms with Crippen LogP contribution in [0.25, 0.3) is 0 Å². The van der Waals surface area contributed by atoms with Crippen LogP contribution in [0.2, 0.25) is 0 Å². The maximum Gasteiger partial charge on any atom is 0.305 e. The molecule has 2 rings (SSSR count). The van der Waals surface area contributed by atoms with E-state index in [1.54, 1.807) is 0 Å². The van der Waals surface area contributed by atoms with E-state index in [1.165, 1.54) is 32.1 Å². The molecule has 1 atom stereocenters. The van der Waals surface area contributed by atoms with Crippen LogP contribution >= 0.6 is 0 Å². The number of piperidine rings is 1. The van der Waals surface area contributed by atoms with Crippen LogP contribution in [0, 0.1) is 5.92 Å². The van der Waals surface area contributed by atoms with E-state index in [9.17, 15) is 4.79 Å². The predicted molar refractivity (Wildman–Crippen MR) is 63.4 cm³/mol. The van der Waals surface area contributed by atoms with E-state index >= 15 is 0 Å². The third kappa shape index (κ3) is 2.24. The first kappa shape index (κ1) is 11.9. The van der Waals surface area contributed by atoms with E-state index in [0.717, 1.165) is 19.5 Å². The summed E-state index contributed by atoms with van der Waals surface area (Å²) in [7, 11) is 0. The predicted octanol–water partition coefficient (Wildman–Crippen LogP) is 2.51. The van der Waals surface area contributed by atoms with Crippen molar-refractivity contribution in [2.75, 3.05) is 13.1 Å². The van der Waals surface area contributed by atoms with E-state index in [1.807, 2.05) is 0 Å². The Hall–Kier alpha value is -0.570. The number of carbonyl (C=O) groups is 1. The Morgan fingerprint density at radius 3 is 2.38 bits per heavy atom. The molecular formula is C13H23NO2. The number of likely N-dealkylation sites (tertiary alicyclic amines) is 1. The van der Waals surface area contributed by atoms with Crippen LogP contribution in [0.3, 0.4) is 0 Å². The topological polar surface area (TPSA) is 40.5 Å². The average molecular weight is 225 g/mol. The number of aliphatic carboxylic acids is 1. The smallest absolute Gasteiger partial charge is 0.305 e. The quantitative estimate of drug-likeness (QED) is 0.781. The van der Waals surface area contributed by atoms with E-state index in [0.29, 0.717) is 12.3 Å². The van der Waals surface area contributed by atoms with Gasteiger partial charge in [-0.3, -0.25) is 9.69 Å². The van der Waals surface area contributed by atoms with E-state index in [-0.39, 0.29) is 5.54 Å². The Morgan fingerprint density at radius 1 is 1.31 bits per heavy atom. The molecule has 1 N–H and O–H groups in total. The van der Waals surface area contributed by atoms with Gasteiger partial charge in [-0.25, -0.2) is 0 Å². The fraction of sp³-hybridized carbons (Fsp3) is 0.923. The number of hydrogen-bond donors (Lipinski definition) is 1. The Morgan fingerprint density at radius 2 is 1.94 bits per heavy atom. The molecule has 0 radical (unpaired) electrons. The zero-order valence-corrected chi connectivity index (χ0v) is 10.2. The molecule has 0 bridgehead atoms. The number of carboxylic acids is 1. The van der Waals surface area contributed by atoms with Crippen LogP contribution in [-0.2, 0) is 4.79 Å². The first-order valence-corrected chi connectivity index (χ1v) is 6.66. The van der Waals surface area contributed by atoms with Crippen molar-refractivity contribution < 1.29 is 9.90 Å². The van der Waals surface area contributed by atoms with Gasteiger partial charge in [-0.15, -0.1) is 0 Å². The van der Waals surface area contributed by atoms with Crippen molar-refractivity contribution in [3.05, 3.63) is 0 Å². The van der Waals surface area contributed by atoms with Crippen LogP contribution in [0.1, 0.15) is 51.9 Å². The molecule has 1 saturated carbocycles. The minimum absolute atomic E-state index is 0.0216. The first-order valence-electron chi connectivity index (χ1n) is 6.66. The second-order valence-corrected chi connectivity index (χ2v) is 5.35. The van der Waals surface area contributed by atoms with E-state index < -0.39 is 5.97 Å². The molecule has 16 heavy (non-hydrogen) atoms. The number of hydrogen-bond acceptors (Lipinski definition) is 2. The highest BCUT2D eigenvalue weighted by Gasteiger charge is 2.49. The van der Waals surface area contributed by atoms with Crippen LogP contribution in [0.5, 0.6) is 0 Å². The van der Waals surface area contributed by atoms with Crippen molar-refractivity contribution in [3.63, 3.8) is 0 Å². The molecular weight excluding hydrogens is 202 g/mol. The van der Waals surface area contributed by atoms with E-state index in [2.05, 4.69) is 11.8 Å². The van der Waals surface area contributed by atoms with Crippen LogP contribution in [0.15, 0.2) is 0 Å². The van der Waals surface area contributed by atoms with Crippen molar-refractivity contribution in [2.24, 2.45) is 5.92 Å². The SMILES string of the molecule is CCC(CC(=O)O)(C1CC1)N1CCCCC1. The molecule has 3 nitrogen and oxygen atoms in total. The second kappa shape index (κ2) is 4.74. The molecule has 1 heterocycles. The van der Waals surface area contributed by atoms with Crippen LogP contribution in [0.4, 0.5) is 0 Å². The van der Waals surface area contributed by atoms with Gasteiger partial charge in [0.05, 0.1) is 6.42 Å². The van der Waals surface area contributed by atoms with Gasteiger partial charge in [0, 0.05) is 5.54 Å². The lowest BCUT2D eigenvalue weighted by molar-refractivity contribution is -0.141. The van der Waals surface area contributed by atoms with Crippen molar-refractivity contribution in [2.45, 2.75) is 57.4 Å². The zero-order chi connectivity index (χ0) is 11.6. The average Bonchev–Trinajstić information content (AvgIpc) is 3.11. The van der Waals surface area contributed by atoms with Gasteiger partial charge in [0.25, 0.3) is 0 Å². The van der Waals surface area contributed by atoms with Crippen molar-refractivity contribution in [1.82, 2.24) is 4.90 Å². The van der Waals surface area contributed by atoms with Gasteiger partial charge >= 0.3 is 5.97 Å². The molecule has 0 amide bonds. The van der Waals surface area contributed by atoms with Gasteiger partial charge in [-0.2, -0.15) is 0 Å². The van der Waals surface area contributed by atoms with Crippen LogP contribution < -0.4 is 0 Å². The third-order valence-electron chi connectivity index (χ3n) is 4.39. The fourth-order valence-corrected chi connectivity index (χ4v) is 3.37. The molecule has 2 aliphatic rings. The first-order chi connectivity index (χ1) is 7.69. The summed E-state index contributed by atoms with van der Waals surface area (Å²) in [5, 5.41) is 9.16. The van der Waals surface area contributed by atoms with Gasteiger partial charge in [-0.05, 0) is 51.1 Å². The van der Waals surface area contributed by atoms with Gasteiger partial charge in [0.2, 0.25) is 0 Å². The Kier molecular flexibility index (Phi) is 3.53. The summed E-state index contributed by atoms with van der Waals surface area (Å²) in [5.41, 5.74) is -0.0216. The van der Waals surface area contributed by atoms with Gasteiger partial charge in [0.1, 0.15) is 0 Å². The Bertz CT molecular complexity index is 257. The molecule has 1 saturated heterocycles. The van der Waals surface area contributed by atoms with Crippen molar-refractivity contribution in [3.8, 4) is 0 Å². The summed E-state index contributed by atoms with van der Waals surface area (Å²) in [6.07, 6.45) is 7.60. The van der Waals surface area contributed by atoms with Crippen LogP contribution in [-0.4, -0.2) is 34.6 Å². The van der Waals surface area contributed by atoms with Crippen molar-refractivity contribution >= 4 is 5.97 Å². The Labute approximate surface area is 97.8 Å². The lowest BCUT2D eigenvalue weighted by Crippen LogP contribution is -2.53. The zero-order valence-electron chi connectivity index (χ0n) is 10.2. The minimum Gasteiger partial charge on any atom is -0.481 e. The normalized spacial score (nSPS) is 26.3. The third-order valence-corrected chi connectivity index (χ3v) is 4.39. The highest BCUT2D eigenvalue weighted by atomic mass is 16.4. The van der Waals surface area contributed by atoms with E-state index in [4.69, 9.17) is 5.11 Å². The molecule has 1 aliphatic carbocycles. The lowest BCUT2D eigenvalue weighted by atomic mass is 9.83. The number of rotatable bonds is 5. The maximum atomic E-state index is 11.1. The lowest BCUT2D eigenvalue weighted by Gasteiger charge is -2.45. The Balaban J connectivity index is 2.13. The molecule has 0 spiro atoms. The molecule has 92 valence electrons. The number of carboxylic acid groups (broad SMARTS) is 1. The molecule has 0 aromatic rings. The van der Waals surface area contributed by atoms with Gasteiger partial charge < -0.3 is 5.11 Å². The summed E-state index contributed by atoms with van der Waals surface area (Å²) in [4.78, 5) is 13.6. The summed E-state index contributed by atoms with van der Waals surface area (Å²) in [6.45, 7) is 4.38. The summed E-state index contributed by atoms with van der Waals surface area (Å²) >= 11 is 0. The largest absolute Gasteiger partial charge is 0.481 e. The summed E-state index contributed by atoms with van der Waals surface area (Å²) in [6, 6.07) is 0. The van der Waals surface area contributed by atoms with Gasteiger partial charge in [-0.1, -0.05) is 13.3 Å². The number of nitrogens with zero attached hydrogens (tertiary/aromatic N) is 1. The molecule has 1 aliphatic heterocycles. The monoisotopic (exact) mass is 225 g/mol. The minimum atomic E-state index is -0.626. The fourth-order valence-electron chi connectivity index (χ4n) is 3.37. The summed E-state index contributed by atoms with van der Waals surface area (Å²) < 4.78 is 0. The summed E-state index contributed by atoms with van der Waals surface area (Å²) in [5.74, 6) is 0.0195. The standard InChI is InChI=1S/C13H23NO2/c1-2-13(10-12(15)16,11-6-7-11)14-8-4-3-5-9-14/h11H,2-10H2,1H3,(H,15,16). The highest BCUT2D eigenvalue weighted by molar-refractivity contribution is 5.68. The van der Waals surface area contributed by atoms with Gasteiger partial charge in [0.15, 0.2) is 0 Å². The maximum absolute atomic E-state index is 11.1. The van der Waals surface area contributed by atoms with Crippen molar-refractivity contribution in [1.29, 1.82) is 0 Å². The second-order valence-electron chi connectivity index (χ2n) is 5.35. The highest BCUT2D eigenvalue weighted by Crippen LogP contribution is 2.47.